The molecule has 0 aromatic carbocycles. The number of H-pyrrole nitrogens is 1. The van der Waals surface area contributed by atoms with Crippen LogP contribution in [0.1, 0.15) is 19.5 Å². The summed E-state index contributed by atoms with van der Waals surface area (Å²) in [7, 11) is 0. The summed E-state index contributed by atoms with van der Waals surface area (Å²) in [5, 5.41) is 8.83. The lowest BCUT2D eigenvalue weighted by molar-refractivity contribution is -0.146. The third-order valence-electron chi connectivity index (χ3n) is 1.87. The number of hydrogen-bond acceptors (Lipinski definition) is 1. The number of carboxylic acid groups (broad SMARTS) is 1. The molecule has 0 bridgehead atoms. The van der Waals surface area contributed by atoms with Gasteiger partial charge in [-0.25, -0.2) is 0 Å². The van der Waals surface area contributed by atoms with Crippen LogP contribution in [-0.4, -0.2) is 16.1 Å². The molecule has 12 heavy (non-hydrogen) atoms. The Hall–Kier alpha value is -1.25. The highest BCUT2D eigenvalue weighted by molar-refractivity contribution is 5.73. The molecule has 0 aliphatic carbocycles. The monoisotopic (exact) mass is 167 g/mol. The van der Waals surface area contributed by atoms with Crippen molar-refractivity contribution in [3.63, 3.8) is 0 Å². The lowest BCUT2D eigenvalue weighted by Gasteiger charge is -2.17. The van der Waals surface area contributed by atoms with E-state index in [1.165, 1.54) is 0 Å². The van der Waals surface area contributed by atoms with Crippen LogP contribution in [0, 0.1) is 5.41 Å². The molecule has 0 fully saturated rings. The number of aliphatic carboxylic acids is 1. The van der Waals surface area contributed by atoms with Crippen LogP contribution in [0.25, 0.3) is 0 Å². The van der Waals surface area contributed by atoms with Crippen molar-refractivity contribution in [3.8, 4) is 0 Å². The number of rotatable bonds is 3. The van der Waals surface area contributed by atoms with Crippen LogP contribution < -0.4 is 0 Å². The predicted octanol–water partition coefficient (Wildman–Crippen LogP) is 1.67. The zero-order valence-electron chi connectivity index (χ0n) is 7.29. The van der Waals surface area contributed by atoms with Crippen LogP contribution in [0.3, 0.4) is 0 Å². The first-order valence-electron chi connectivity index (χ1n) is 3.88. The summed E-state index contributed by atoms with van der Waals surface area (Å²) in [6.45, 7) is 3.44. The third-order valence-corrected chi connectivity index (χ3v) is 1.87. The van der Waals surface area contributed by atoms with Gasteiger partial charge >= 0.3 is 5.97 Å². The molecule has 1 rings (SSSR count). The van der Waals surface area contributed by atoms with Crippen molar-refractivity contribution in [2.75, 3.05) is 0 Å². The van der Waals surface area contributed by atoms with Crippen LogP contribution in [0.5, 0.6) is 0 Å². The average molecular weight is 167 g/mol. The highest BCUT2D eigenvalue weighted by Gasteiger charge is 2.27. The van der Waals surface area contributed by atoms with Crippen LogP contribution in [-0.2, 0) is 11.2 Å². The van der Waals surface area contributed by atoms with Gasteiger partial charge in [0.2, 0.25) is 0 Å². The zero-order chi connectivity index (χ0) is 9.19. The maximum absolute atomic E-state index is 10.7. The quantitative estimate of drug-likeness (QED) is 0.719. The summed E-state index contributed by atoms with van der Waals surface area (Å²) in [5.41, 5.74) is 0.271. The van der Waals surface area contributed by atoms with Crippen molar-refractivity contribution in [3.05, 3.63) is 24.0 Å². The van der Waals surface area contributed by atoms with Gasteiger partial charge < -0.3 is 10.1 Å². The summed E-state index contributed by atoms with van der Waals surface area (Å²) in [5.74, 6) is -0.767. The standard InChI is InChI=1S/C9H13NO2/c1-9(2,8(11)12)6-7-4-3-5-10-7/h3-5,10H,6H2,1-2H3,(H,11,12). The number of hydrogen-bond donors (Lipinski definition) is 2. The molecule has 2 N–H and O–H groups in total. The molecule has 1 aromatic heterocycles. The molecular formula is C9H13NO2. The molecule has 0 atom stereocenters. The number of aromatic nitrogens is 1. The lowest BCUT2D eigenvalue weighted by Crippen LogP contribution is -2.26. The minimum Gasteiger partial charge on any atom is -0.481 e. The summed E-state index contributed by atoms with van der Waals surface area (Å²) >= 11 is 0. The molecule has 3 nitrogen and oxygen atoms in total. The van der Waals surface area contributed by atoms with Gasteiger partial charge in [-0.05, 0) is 26.0 Å². The number of nitrogens with one attached hydrogen (secondary N) is 1. The number of carboxylic acids is 1. The first-order chi connectivity index (χ1) is 5.52. The van der Waals surface area contributed by atoms with E-state index in [4.69, 9.17) is 5.11 Å². The fraction of sp³-hybridized carbons (Fsp3) is 0.444. The van der Waals surface area contributed by atoms with Gasteiger partial charge in [0.15, 0.2) is 0 Å². The highest BCUT2D eigenvalue weighted by Crippen LogP contribution is 2.20. The molecule has 0 saturated carbocycles. The second kappa shape index (κ2) is 3.01. The van der Waals surface area contributed by atoms with Gasteiger partial charge in [0.05, 0.1) is 5.41 Å². The molecule has 3 heteroatoms. The van der Waals surface area contributed by atoms with Crippen LogP contribution in [0.4, 0.5) is 0 Å². The van der Waals surface area contributed by atoms with Crippen molar-refractivity contribution in [1.82, 2.24) is 4.98 Å². The zero-order valence-corrected chi connectivity index (χ0v) is 7.29. The Labute approximate surface area is 71.4 Å². The maximum Gasteiger partial charge on any atom is 0.309 e. The van der Waals surface area contributed by atoms with E-state index in [9.17, 15) is 4.79 Å². The van der Waals surface area contributed by atoms with Crippen molar-refractivity contribution >= 4 is 5.97 Å². The fourth-order valence-electron chi connectivity index (χ4n) is 1.03. The summed E-state index contributed by atoms with van der Waals surface area (Å²) in [6.07, 6.45) is 2.34. The highest BCUT2D eigenvalue weighted by atomic mass is 16.4. The third kappa shape index (κ3) is 1.87. The number of aromatic amines is 1. The Morgan fingerprint density at radius 2 is 2.33 bits per heavy atom. The van der Waals surface area contributed by atoms with Gasteiger partial charge in [-0.15, -0.1) is 0 Å². The van der Waals surface area contributed by atoms with E-state index in [2.05, 4.69) is 4.98 Å². The summed E-state index contributed by atoms with van der Waals surface area (Å²) in [6, 6.07) is 3.76. The van der Waals surface area contributed by atoms with Crippen molar-refractivity contribution in [2.24, 2.45) is 5.41 Å². The van der Waals surface area contributed by atoms with Gasteiger partial charge in [-0.1, -0.05) is 0 Å². The van der Waals surface area contributed by atoms with E-state index in [1.54, 1.807) is 20.0 Å². The Morgan fingerprint density at radius 1 is 1.67 bits per heavy atom. The largest absolute Gasteiger partial charge is 0.481 e. The normalized spacial score (nSPS) is 11.5. The molecule has 0 radical (unpaired) electrons. The Bertz CT molecular complexity index is 262. The summed E-state index contributed by atoms with van der Waals surface area (Å²) in [4.78, 5) is 13.7. The topological polar surface area (TPSA) is 53.1 Å². The summed E-state index contributed by atoms with van der Waals surface area (Å²) < 4.78 is 0. The first kappa shape index (κ1) is 8.84. The Balaban J connectivity index is 2.69. The molecule has 1 aromatic rings. The SMILES string of the molecule is CC(C)(Cc1ccc[nH]1)C(=O)O. The van der Waals surface area contributed by atoms with Gasteiger partial charge in [0.25, 0.3) is 0 Å². The molecule has 1 heterocycles. The predicted molar refractivity (Wildman–Crippen MR) is 45.9 cm³/mol. The van der Waals surface area contributed by atoms with Gasteiger partial charge in [-0.3, -0.25) is 4.79 Å². The molecule has 0 spiro atoms. The lowest BCUT2D eigenvalue weighted by atomic mass is 9.88. The van der Waals surface area contributed by atoms with E-state index in [0.29, 0.717) is 6.42 Å². The molecular weight excluding hydrogens is 154 g/mol. The molecule has 0 unspecified atom stereocenters. The van der Waals surface area contributed by atoms with Crippen LogP contribution >= 0.6 is 0 Å². The van der Waals surface area contributed by atoms with E-state index in [0.717, 1.165) is 5.69 Å². The second-order valence-electron chi connectivity index (χ2n) is 3.56. The van der Waals surface area contributed by atoms with Gasteiger partial charge in [-0.2, -0.15) is 0 Å². The van der Waals surface area contributed by atoms with Crippen molar-refractivity contribution in [1.29, 1.82) is 0 Å². The molecule has 0 saturated heterocycles. The molecule has 0 aliphatic rings. The van der Waals surface area contributed by atoms with E-state index in [1.807, 2.05) is 12.1 Å². The van der Waals surface area contributed by atoms with E-state index in [-0.39, 0.29) is 0 Å². The minimum atomic E-state index is -0.767. The first-order valence-corrected chi connectivity index (χ1v) is 3.88. The average Bonchev–Trinajstić information content (AvgIpc) is 2.38. The smallest absolute Gasteiger partial charge is 0.309 e. The Morgan fingerprint density at radius 3 is 2.75 bits per heavy atom. The van der Waals surface area contributed by atoms with Crippen molar-refractivity contribution in [2.45, 2.75) is 20.3 Å². The molecule has 0 amide bonds. The second-order valence-corrected chi connectivity index (χ2v) is 3.56. The maximum atomic E-state index is 10.7. The molecule has 66 valence electrons. The van der Waals surface area contributed by atoms with Gasteiger partial charge in [0, 0.05) is 18.3 Å². The van der Waals surface area contributed by atoms with Crippen LogP contribution in [0.15, 0.2) is 18.3 Å². The van der Waals surface area contributed by atoms with Crippen molar-refractivity contribution < 1.29 is 9.90 Å². The Kier molecular flexibility index (Phi) is 2.22. The fourth-order valence-corrected chi connectivity index (χ4v) is 1.03. The van der Waals surface area contributed by atoms with Crippen LogP contribution in [0.2, 0.25) is 0 Å². The minimum absolute atomic E-state index is 0.537. The number of carbonyl (C=O) groups is 1. The van der Waals surface area contributed by atoms with Gasteiger partial charge in [0.1, 0.15) is 0 Å². The molecule has 0 aliphatic heterocycles. The van der Waals surface area contributed by atoms with E-state index < -0.39 is 11.4 Å². The van der Waals surface area contributed by atoms with E-state index >= 15 is 0 Å².